The van der Waals surface area contributed by atoms with Crippen LogP contribution in [0.1, 0.15) is 120 Å². The number of rotatable bonds is 19. The highest BCUT2D eigenvalue weighted by molar-refractivity contribution is 14.1. The summed E-state index contributed by atoms with van der Waals surface area (Å²) in [5.41, 5.74) is 9.42. The van der Waals surface area contributed by atoms with Gasteiger partial charge in [-0.25, -0.2) is 9.59 Å². The van der Waals surface area contributed by atoms with Crippen molar-refractivity contribution in [3.63, 3.8) is 0 Å². The number of benzene rings is 4. The fourth-order valence-electron chi connectivity index (χ4n) is 15.5. The van der Waals surface area contributed by atoms with Crippen LogP contribution in [0.5, 0.6) is 11.5 Å². The summed E-state index contributed by atoms with van der Waals surface area (Å²) in [6, 6.07) is 14.3. The minimum atomic E-state index is -1.71. The van der Waals surface area contributed by atoms with Gasteiger partial charge in [-0.05, 0) is 168 Å². The summed E-state index contributed by atoms with van der Waals surface area (Å²) < 4.78 is 12.3. The summed E-state index contributed by atoms with van der Waals surface area (Å²) in [5.74, 6) is 0.174. The molecule has 95 heavy (non-hydrogen) atoms. The van der Waals surface area contributed by atoms with Crippen molar-refractivity contribution >= 4 is 100 Å². The first-order valence-electron chi connectivity index (χ1n) is 31.5. The average molecular weight is 1480 g/mol. The SMILES string of the molecule is C.C=O.COc1c(CN2O[C@@H](CO)[C@@H]([C@H](C)O)[C@H]2C(=O)N[C@H]2C[C@H]3C[C@@H]([C@@H]2C)C3(C)C)ccc(Cl)c1-c1cc(C(=O)O)cc(N(C)C)c1.COc1c(CN2O[C@@H](CO)[C@@H]([C@H](C)O)[C@H]2C(=O)N[C@H]2C[C@H]3C[C@@H]([C@@H]2C)C3(C)C)ccc(Cl)c1I.Nc1cc(B(O)O)cc(C(=O)O)c1. The number of aliphatic hydroxyl groups is 4. The minimum Gasteiger partial charge on any atom is -0.496 e. The fraction of sp³-hybridized carbons (Fsp3) is 0.574. The summed E-state index contributed by atoms with van der Waals surface area (Å²) >= 11 is 15.1. The van der Waals surface area contributed by atoms with Gasteiger partial charge < -0.3 is 76.2 Å². The van der Waals surface area contributed by atoms with Gasteiger partial charge in [-0.15, -0.1) is 0 Å². The van der Waals surface area contributed by atoms with E-state index in [1.165, 1.54) is 37.1 Å². The van der Waals surface area contributed by atoms with Crippen LogP contribution in [-0.2, 0) is 37.1 Å². The van der Waals surface area contributed by atoms with Crippen molar-refractivity contribution in [1.29, 1.82) is 0 Å². The molecule has 524 valence electrons. The Kier molecular flexibility index (Phi) is 26.9. The second kappa shape index (κ2) is 32.5. The third kappa shape index (κ3) is 16.5. The van der Waals surface area contributed by atoms with Crippen molar-refractivity contribution in [3.8, 4) is 22.6 Å². The Labute approximate surface area is 581 Å². The Morgan fingerprint density at radius 2 is 1.15 bits per heavy atom. The standard InChI is InChI=1S/C34H46ClN3O7.C25H36ClIN2O5.C7H8BNO4.CH2O.CH4/c1-17-24-13-22(34(24,3)4)14-26(17)36-32(41)30-28(18(2)40)27(16-39)45-38(30)15-19-8-9-25(35)29(31(19)44-7)20-10-21(33(42)43)12-23(11-20)37(5)6;1-12-16-8-15(25(16,3)4)9-18(12)28-24(32)22-20(13(2)31)19(11-30)34-29(22)10-14-6-7-17(26)21(27)23(14)33-5;9-6-2-4(7(10)11)1-5(3-6)8(12)13;1-2;/h8-12,17-18,22,24,26-28,30,39-40H,13-16H2,1-7H3,(H,36,41)(H,42,43);6-7,12-13,15-16,18-20,22,30-31H,8-11H2,1-5H3,(H,28,32);1-3,12-13H,9H2,(H,10,11);1H2;1H4/t17-,18-,22+,24-,26-,27-,28+,30-;12-,13-,15+,16-,18-,19-,20+,22-;;;/m00.../s1. The number of carbonyl (C=O) groups is 5. The largest absolute Gasteiger partial charge is 0.496 e. The second-order valence-electron chi connectivity index (χ2n) is 27.2. The molecule has 4 aromatic rings. The average Bonchev–Trinajstić information content (AvgIpc) is 1.36. The fourth-order valence-corrected chi connectivity index (χ4v) is 16.7. The van der Waals surface area contributed by atoms with Crippen LogP contribution < -0.4 is 36.2 Å². The lowest BCUT2D eigenvalue weighted by Crippen LogP contribution is -2.62. The number of carbonyl (C=O) groups excluding carboxylic acids is 3. The lowest BCUT2D eigenvalue weighted by molar-refractivity contribution is -0.183. The van der Waals surface area contributed by atoms with Gasteiger partial charge in [0, 0.05) is 66.1 Å². The van der Waals surface area contributed by atoms with Crippen LogP contribution in [0, 0.1) is 61.7 Å². The van der Waals surface area contributed by atoms with Gasteiger partial charge in [0.1, 0.15) is 42.6 Å². The Morgan fingerprint density at radius 1 is 0.716 bits per heavy atom. The topological polar surface area (TPSA) is 344 Å². The van der Waals surface area contributed by atoms with Gasteiger partial charge in [0.2, 0.25) is 11.8 Å². The van der Waals surface area contributed by atoms with Crippen LogP contribution >= 0.6 is 45.8 Å². The first-order chi connectivity index (χ1) is 44.2. The molecule has 2 heterocycles. The number of nitrogens with one attached hydrogen (secondary N) is 2. The third-order valence-electron chi connectivity index (χ3n) is 21.0. The zero-order valence-electron chi connectivity index (χ0n) is 55.3. The summed E-state index contributed by atoms with van der Waals surface area (Å²) in [6.45, 7) is 18.7. The number of nitrogen functional groups attached to an aromatic ring is 1. The van der Waals surface area contributed by atoms with E-state index < -0.39 is 67.4 Å². The van der Waals surface area contributed by atoms with Crippen molar-refractivity contribution in [2.75, 3.05) is 52.2 Å². The molecule has 4 bridgehead atoms. The lowest BCUT2D eigenvalue weighted by Gasteiger charge is -2.62. The van der Waals surface area contributed by atoms with Gasteiger partial charge in [0.15, 0.2) is 0 Å². The van der Waals surface area contributed by atoms with E-state index >= 15 is 0 Å². The Morgan fingerprint density at radius 3 is 1.53 bits per heavy atom. The number of anilines is 2. The summed E-state index contributed by atoms with van der Waals surface area (Å²) in [4.78, 5) is 72.3. The van der Waals surface area contributed by atoms with Crippen molar-refractivity contribution in [2.45, 2.75) is 150 Å². The number of carboxylic acids is 2. The molecule has 0 aromatic heterocycles. The Hall–Kier alpha value is -5.40. The van der Waals surface area contributed by atoms with Crippen LogP contribution in [0.15, 0.2) is 60.7 Å². The molecule has 0 radical (unpaired) electrons. The number of hydrogen-bond acceptors (Lipinski definition) is 19. The number of aromatic carboxylic acids is 2. The van der Waals surface area contributed by atoms with Gasteiger partial charge in [0.25, 0.3) is 0 Å². The predicted molar refractivity (Wildman–Crippen MR) is 372 cm³/mol. The maximum absolute atomic E-state index is 14.1. The highest BCUT2D eigenvalue weighted by Crippen LogP contribution is 2.62. The van der Waals surface area contributed by atoms with E-state index in [2.05, 4.69) is 74.8 Å². The number of amides is 2. The zero-order valence-corrected chi connectivity index (χ0v) is 58.9. The highest BCUT2D eigenvalue weighted by atomic mass is 127. The third-order valence-corrected chi connectivity index (χ3v) is 23.0. The van der Waals surface area contributed by atoms with Crippen molar-refractivity contribution in [1.82, 2.24) is 20.8 Å². The van der Waals surface area contributed by atoms with Crippen molar-refractivity contribution in [2.24, 2.45) is 58.2 Å². The molecule has 12 N–H and O–H groups in total. The number of hydrogen-bond donors (Lipinski definition) is 11. The molecule has 6 aliphatic carbocycles. The first kappa shape index (κ1) is 78.6. The number of aliphatic hydroxyl groups excluding tert-OH is 4. The van der Waals surface area contributed by atoms with E-state index in [4.69, 9.17) is 68.0 Å². The highest BCUT2D eigenvalue weighted by Gasteiger charge is 2.59. The van der Waals surface area contributed by atoms with Gasteiger partial charge >= 0.3 is 19.1 Å². The van der Waals surface area contributed by atoms with E-state index in [9.17, 15) is 44.7 Å². The summed E-state index contributed by atoms with van der Waals surface area (Å²) in [7, 11) is 5.03. The van der Waals surface area contributed by atoms with Crippen molar-refractivity contribution < 1.29 is 83.8 Å². The maximum Gasteiger partial charge on any atom is 0.488 e. The summed E-state index contributed by atoms with van der Waals surface area (Å²) in [6.07, 6.45) is 1.07. The zero-order chi connectivity index (χ0) is 69.9. The van der Waals surface area contributed by atoms with E-state index in [-0.39, 0.29) is 85.3 Å². The molecule has 2 saturated heterocycles. The van der Waals surface area contributed by atoms with Crippen LogP contribution in [0.4, 0.5) is 11.4 Å². The molecule has 8 fully saturated rings. The molecule has 4 aromatic carbocycles. The smallest absolute Gasteiger partial charge is 0.488 e. The molecule has 0 spiro atoms. The number of methoxy groups -OCH3 is 2. The second-order valence-corrected chi connectivity index (χ2v) is 29.1. The van der Waals surface area contributed by atoms with Gasteiger partial charge in [0.05, 0.1) is 77.5 Å². The molecule has 27 heteroatoms. The number of fused-ring (bicyclic) bond motifs is 4. The number of nitrogens with zero attached hydrogens (tertiary/aromatic N) is 3. The quantitative estimate of drug-likeness (QED) is 0.0252. The maximum atomic E-state index is 14.1. The molecule has 2 amide bonds. The monoisotopic (exact) mass is 1480 g/mol. The number of ether oxygens (including phenoxy) is 2. The van der Waals surface area contributed by atoms with E-state index in [0.29, 0.717) is 84.8 Å². The number of hydroxylamine groups is 4. The van der Waals surface area contributed by atoms with Crippen LogP contribution in [0.25, 0.3) is 11.1 Å². The van der Waals surface area contributed by atoms with Crippen LogP contribution in [0.2, 0.25) is 10.0 Å². The predicted octanol–water partition coefficient (Wildman–Crippen LogP) is 7.15. The molecule has 23 nitrogen and oxygen atoms in total. The minimum absolute atomic E-state index is 0. The molecule has 12 rings (SSSR count). The number of halogens is 3. The number of nitrogens with two attached hydrogens (primary N) is 1. The molecule has 0 unspecified atom stereocenters. The van der Waals surface area contributed by atoms with E-state index in [1.807, 2.05) is 37.9 Å². The van der Waals surface area contributed by atoms with Crippen LogP contribution in [0.3, 0.4) is 0 Å². The van der Waals surface area contributed by atoms with Gasteiger partial charge in [-0.1, -0.05) is 84.3 Å². The first-order valence-corrected chi connectivity index (χ1v) is 33.3. The van der Waals surface area contributed by atoms with Crippen molar-refractivity contribution in [3.05, 3.63) is 96.5 Å². The number of carboxylic acid groups (broad SMARTS) is 2. The molecular formula is C68H96BCl2IN6O17. The van der Waals surface area contributed by atoms with Gasteiger partial charge in [-0.2, -0.15) is 10.1 Å². The van der Waals surface area contributed by atoms with E-state index in [1.54, 1.807) is 56.4 Å². The van der Waals surface area contributed by atoms with Gasteiger partial charge in [-0.3, -0.25) is 19.3 Å². The Balaban J connectivity index is 0.000000251. The summed E-state index contributed by atoms with van der Waals surface area (Å²) in [5, 5.41) is 88.1. The molecule has 16 atom stereocenters. The normalized spacial score (nSPS) is 28.1. The molecular weight excluding hydrogens is 1380 g/mol. The molecule has 2 aliphatic heterocycles. The molecule has 8 aliphatic rings. The Bertz CT molecular complexity index is 3370. The van der Waals surface area contributed by atoms with E-state index in [0.717, 1.165) is 28.0 Å². The van der Waals surface area contributed by atoms with Crippen LogP contribution in [-0.4, -0.2) is 179 Å². The lowest BCUT2D eigenvalue weighted by atomic mass is 9.45. The molecule has 6 saturated carbocycles.